The molecule has 1 aliphatic heterocycles. The first-order chi connectivity index (χ1) is 17.2. The molecule has 3 rings (SSSR count). The molecule has 200 valence electrons. The zero-order valence-electron chi connectivity index (χ0n) is 20.7. The lowest BCUT2D eigenvalue weighted by Gasteiger charge is -2.33. The molecule has 0 unspecified atom stereocenters. The minimum atomic E-state index is -4.51. The van der Waals surface area contributed by atoms with Crippen LogP contribution in [0.1, 0.15) is 48.7 Å². The molecule has 0 spiro atoms. The van der Waals surface area contributed by atoms with Crippen molar-refractivity contribution in [2.45, 2.75) is 57.9 Å². The number of hydrogen-bond donors (Lipinski definition) is 0. The summed E-state index contributed by atoms with van der Waals surface area (Å²) in [4.78, 5) is 43.6. The maximum Gasteiger partial charge on any atom is 0.416 e. The molecule has 1 fully saturated rings. The number of carbonyl (C=O) groups is 3. The van der Waals surface area contributed by atoms with E-state index in [1.165, 1.54) is 24.4 Å². The molecule has 0 N–H and O–H groups in total. The number of amides is 2. The van der Waals surface area contributed by atoms with Gasteiger partial charge in [0, 0.05) is 24.7 Å². The Morgan fingerprint density at radius 2 is 1.84 bits per heavy atom. The van der Waals surface area contributed by atoms with E-state index in [1.54, 1.807) is 20.8 Å². The summed E-state index contributed by atoms with van der Waals surface area (Å²) >= 11 is 0. The van der Waals surface area contributed by atoms with Gasteiger partial charge in [-0.3, -0.25) is 14.7 Å². The fraction of sp³-hybridized carbons (Fsp3) is 0.440. The Morgan fingerprint density at radius 3 is 2.38 bits per heavy atom. The Balaban J connectivity index is 1.95. The number of rotatable bonds is 6. The highest BCUT2D eigenvalue weighted by Crippen LogP contribution is 2.32. The summed E-state index contributed by atoms with van der Waals surface area (Å²) in [7, 11) is 1.16. The quantitative estimate of drug-likeness (QED) is 0.305. The van der Waals surface area contributed by atoms with Crippen LogP contribution in [0.25, 0.3) is 11.3 Å². The van der Waals surface area contributed by atoms with E-state index in [1.807, 2.05) is 0 Å². The molecule has 37 heavy (non-hydrogen) atoms. The van der Waals surface area contributed by atoms with E-state index in [0.29, 0.717) is 12.0 Å². The largest absolute Gasteiger partial charge is 0.465 e. The maximum atomic E-state index is 14.4. The third-order valence-corrected chi connectivity index (χ3v) is 5.62. The van der Waals surface area contributed by atoms with Gasteiger partial charge >= 0.3 is 18.2 Å². The third kappa shape index (κ3) is 6.75. The summed E-state index contributed by atoms with van der Waals surface area (Å²) in [5.74, 6) is -0.758. The van der Waals surface area contributed by atoms with E-state index in [4.69, 9.17) is 9.47 Å². The van der Waals surface area contributed by atoms with Crippen molar-refractivity contribution in [3.63, 3.8) is 0 Å². The number of carbonyl (C=O) groups excluding carboxylic acids is 3. The number of methoxy groups -OCH3 is 1. The van der Waals surface area contributed by atoms with Crippen LogP contribution >= 0.6 is 0 Å². The molecule has 0 saturated carbocycles. The zero-order valence-corrected chi connectivity index (χ0v) is 20.7. The van der Waals surface area contributed by atoms with E-state index in [-0.39, 0.29) is 36.3 Å². The summed E-state index contributed by atoms with van der Waals surface area (Å²) in [5, 5.41) is 0. The van der Waals surface area contributed by atoms with Crippen LogP contribution in [0.4, 0.5) is 22.4 Å². The summed E-state index contributed by atoms with van der Waals surface area (Å²) in [5.41, 5.74) is -0.857. The summed E-state index contributed by atoms with van der Waals surface area (Å²) in [6, 6.07) is 5.71. The lowest BCUT2D eigenvalue weighted by Crippen LogP contribution is -2.48. The van der Waals surface area contributed by atoms with Crippen LogP contribution in [-0.4, -0.2) is 64.8 Å². The number of halogens is 4. The van der Waals surface area contributed by atoms with Gasteiger partial charge in [0.25, 0.3) is 0 Å². The fourth-order valence-corrected chi connectivity index (χ4v) is 3.92. The number of esters is 1. The molecular weight excluding hydrogens is 498 g/mol. The van der Waals surface area contributed by atoms with E-state index >= 15 is 0 Å². The Kier molecular flexibility index (Phi) is 8.09. The minimum Gasteiger partial charge on any atom is -0.465 e. The van der Waals surface area contributed by atoms with Crippen molar-refractivity contribution in [2.24, 2.45) is 0 Å². The molecule has 1 aromatic heterocycles. The molecule has 1 aliphatic rings. The molecule has 2 atom stereocenters. The van der Waals surface area contributed by atoms with Crippen molar-refractivity contribution in [1.29, 1.82) is 0 Å². The van der Waals surface area contributed by atoms with Gasteiger partial charge in [0.05, 0.1) is 30.5 Å². The fourth-order valence-electron chi connectivity index (χ4n) is 3.92. The molecule has 0 radical (unpaired) electrons. The lowest BCUT2D eigenvalue weighted by molar-refractivity contribution is -0.137. The minimum absolute atomic E-state index is 0.00336. The molecule has 12 heteroatoms. The van der Waals surface area contributed by atoms with Crippen molar-refractivity contribution >= 4 is 18.5 Å². The summed E-state index contributed by atoms with van der Waals surface area (Å²) in [6.45, 7) is 4.45. The standard InChI is InChI=1S/C25H27F4N3O5/c1-24(2,3)37-23(35)32-13-18(26)10-21(32)31(14-33)12-16-9-20(30-11-19(16)22(34)36-4)15-5-7-17(8-6-15)25(27,28)29/h5-9,11,14,18,21H,10,12-13H2,1-4H3/t18-,21+/m1/s1. The van der Waals surface area contributed by atoms with Crippen LogP contribution < -0.4 is 0 Å². The van der Waals surface area contributed by atoms with Crippen LogP contribution in [0.15, 0.2) is 36.5 Å². The predicted octanol–water partition coefficient (Wildman–Crippen LogP) is 4.82. The highest BCUT2D eigenvalue weighted by Gasteiger charge is 2.41. The number of likely N-dealkylation sites (tertiary alicyclic amines) is 1. The monoisotopic (exact) mass is 525 g/mol. The number of pyridine rings is 1. The van der Waals surface area contributed by atoms with E-state index in [2.05, 4.69) is 4.98 Å². The number of ether oxygens (including phenoxy) is 2. The predicted molar refractivity (Wildman–Crippen MR) is 124 cm³/mol. The molecule has 2 heterocycles. The average molecular weight is 525 g/mol. The molecule has 1 aromatic carbocycles. The number of aromatic nitrogens is 1. The first-order valence-corrected chi connectivity index (χ1v) is 11.3. The Bertz CT molecular complexity index is 1150. The van der Waals surface area contributed by atoms with Crippen molar-refractivity contribution in [1.82, 2.24) is 14.8 Å². The van der Waals surface area contributed by atoms with Crippen LogP contribution in [0.2, 0.25) is 0 Å². The smallest absolute Gasteiger partial charge is 0.416 e. The van der Waals surface area contributed by atoms with Crippen LogP contribution in [0, 0.1) is 0 Å². The number of benzene rings is 1. The van der Waals surface area contributed by atoms with Gasteiger partial charge in [-0.15, -0.1) is 0 Å². The van der Waals surface area contributed by atoms with Gasteiger partial charge in [0.2, 0.25) is 6.41 Å². The third-order valence-electron chi connectivity index (χ3n) is 5.62. The molecule has 0 bridgehead atoms. The van der Waals surface area contributed by atoms with E-state index < -0.39 is 41.7 Å². The Morgan fingerprint density at radius 1 is 1.19 bits per heavy atom. The van der Waals surface area contributed by atoms with Gasteiger partial charge in [-0.1, -0.05) is 12.1 Å². The van der Waals surface area contributed by atoms with E-state index in [9.17, 15) is 31.9 Å². The highest BCUT2D eigenvalue weighted by molar-refractivity contribution is 5.91. The van der Waals surface area contributed by atoms with Gasteiger partial charge in [0.1, 0.15) is 17.9 Å². The second kappa shape index (κ2) is 10.7. The molecule has 1 saturated heterocycles. The van der Waals surface area contributed by atoms with Crippen LogP contribution in [0.3, 0.4) is 0 Å². The van der Waals surface area contributed by atoms with Gasteiger partial charge in [-0.2, -0.15) is 13.2 Å². The van der Waals surface area contributed by atoms with Crippen molar-refractivity contribution < 1.29 is 41.4 Å². The second-order valence-corrected chi connectivity index (χ2v) is 9.52. The molecule has 0 aliphatic carbocycles. The van der Waals surface area contributed by atoms with Crippen molar-refractivity contribution in [3.05, 3.63) is 53.2 Å². The first-order valence-electron chi connectivity index (χ1n) is 11.3. The van der Waals surface area contributed by atoms with Gasteiger partial charge in [-0.05, 0) is 44.5 Å². The van der Waals surface area contributed by atoms with Gasteiger partial charge < -0.3 is 14.4 Å². The van der Waals surface area contributed by atoms with Crippen LogP contribution in [0.5, 0.6) is 0 Å². The van der Waals surface area contributed by atoms with Crippen molar-refractivity contribution in [2.75, 3.05) is 13.7 Å². The van der Waals surface area contributed by atoms with Crippen molar-refractivity contribution in [3.8, 4) is 11.3 Å². The maximum absolute atomic E-state index is 14.4. The second-order valence-electron chi connectivity index (χ2n) is 9.52. The topological polar surface area (TPSA) is 89.0 Å². The number of alkyl halides is 4. The molecular formula is C25H27F4N3O5. The molecule has 2 aromatic rings. The SMILES string of the molecule is COC(=O)c1cnc(-c2ccc(C(F)(F)F)cc2)cc1CN(C=O)[C@@H]1C[C@@H](F)CN1C(=O)OC(C)(C)C. The molecule has 8 nitrogen and oxygen atoms in total. The summed E-state index contributed by atoms with van der Waals surface area (Å²) in [6.07, 6.45) is -6.24. The van der Waals surface area contributed by atoms with Gasteiger partial charge in [-0.25, -0.2) is 14.0 Å². The Hall–Kier alpha value is -3.70. The van der Waals surface area contributed by atoms with Gasteiger partial charge in [0.15, 0.2) is 0 Å². The first kappa shape index (κ1) is 27.9. The lowest BCUT2D eigenvalue weighted by atomic mass is 10.0. The molecule has 2 amide bonds. The summed E-state index contributed by atoms with van der Waals surface area (Å²) < 4.78 is 63.3. The average Bonchev–Trinajstić information content (AvgIpc) is 3.22. The highest BCUT2D eigenvalue weighted by atomic mass is 19.4. The number of nitrogens with zero attached hydrogens (tertiary/aromatic N) is 3. The zero-order chi connectivity index (χ0) is 27.5. The normalized spacial score (nSPS) is 17.9. The van der Waals surface area contributed by atoms with Crippen LogP contribution in [-0.2, 0) is 27.0 Å². The van der Waals surface area contributed by atoms with E-state index in [0.717, 1.165) is 29.0 Å². The number of hydrogen-bond acceptors (Lipinski definition) is 6. The Labute approximate surface area is 211 Å².